The van der Waals surface area contributed by atoms with Crippen LogP contribution >= 0.6 is 0 Å². The lowest BCUT2D eigenvalue weighted by atomic mass is 9.98. The van der Waals surface area contributed by atoms with Gasteiger partial charge in [-0.15, -0.1) is 0 Å². The summed E-state index contributed by atoms with van der Waals surface area (Å²) in [5.74, 6) is 0.206. The minimum atomic E-state index is -0.470. The van der Waals surface area contributed by atoms with Gasteiger partial charge in [0.1, 0.15) is 18.0 Å². The molecule has 130 valence electrons. The van der Waals surface area contributed by atoms with Crippen LogP contribution in [0.2, 0.25) is 0 Å². The second-order valence-corrected chi connectivity index (χ2v) is 5.47. The molecule has 1 fully saturated rings. The van der Waals surface area contributed by atoms with Gasteiger partial charge in [0.15, 0.2) is 0 Å². The molecular formula is C15H25N3O5. The highest BCUT2D eigenvalue weighted by molar-refractivity contribution is 5.35. The SMILES string of the molecule is [2H]C[C@H]1OC[C@@H](n2cc(C)c(N)nc2=O)[C@H](OCCOC)[C@@H]1OC. The third-order valence-electron chi connectivity index (χ3n) is 3.95. The van der Waals surface area contributed by atoms with Gasteiger partial charge in [0.25, 0.3) is 0 Å². The molecule has 0 saturated carbocycles. The molecule has 2 N–H and O–H groups in total. The molecule has 1 aliphatic rings. The summed E-state index contributed by atoms with van der Waals surface area (Å²) in [6.07, 6.45) is 0.302. The maximum Gasteiger partial charge on any atom is 0.349 e. The van der Waals surface area contributed by atoms with E-state index >= 15 is 0 Å². The van der Waals surface area contributed by atoms with Crippen LogP contribution in [0.3, 0.4) is 0 Å². The lowest BCUT2D eigenvalue weighted by Gasteiger charge is -2.41. The number of rotatable bonds is 6. The number of nitrogens with zero attached hydrogens (tertiary/aromatic N) is 2. The van der Waals surface area contributed by atoms with Crippen molar-refractivity contribution in [1.29, 1.82) is 0 Å². The summed E-state index contributed by atoms with van der Waals surface area (Å²) < 4.78 is 31.3. The zero-order chi connectivity index (χ0) is 17.7. The van der Waals surface area contributed by atoms with E-state index in [1.54, 1.807) is 27.3 Å². The molecular weight excluding hydrogens is 302 g/mol. The molecule has 8 nitrogen and oxygen atoms in total. The van der Waals surface area contributed by atoms with Gasteiger partial charge in [-0.25, -0.2) is 4.79 Å². The quantitative estimate of drug-likeness (QED) is 0.742. The maximum absolute atomic E-state index is 12.3. The molecule has 0 amide bonds. The van der Waals surface area contributed by atoms with Crippen LogP contribution < -0.4 is 11.4 Å². The maximum atomic E-state index is 12.3. The zero-order valence-corrected chi connectivity index (χ0v) is 13.7. The lowest BCUT2D eigenvalue weighted by Crippen LogP contribution is -2.53. The molecule has 2 heterocycles. The molecule has 0 radical (unpaired) electrons. The van der Waals surface area contributed by atoms with Crippen molar-refractivity contribution in [3.63, 3.8) is 0 Å². The van der Waals surface area contributed by atoms with E-state index in [-0.39, 0.29) is 19.3 Å². The molecule has 0 aromatic carbocycles. The summed E-state index contributed by atoms with van der Waals surface area (Å²) in [6.45, 7) is 2.82. The van der Waals surface area contributed by atoms with Crippen molar-refractivity contribution in [1.82, 2.24) is 9.55 Å². The van der Waals surface area contributed by atoms with Crippen molar-refractivity contribution in [2.45, 2.75) is 38.2 Å². The predicted octanol–water partition coefficient (Wildman–Crippen LogP) is 0.140. The van der Waals surface area contributed by atoms with Crippen LogP contribution in [0.1, 0.15) is 19.9 Å². The Labute approximate surface area is 136 Å². The number of hydrogen-bond donors (Lipinski definition) is 1. The molecule has 0 unspecified atom stereocenters. The Morgan fingerprint density at radius 2 is 2.26 bits per heavy atom. The fraction of sp³-hybridized carbons (Fsp3) is 0.733. The Hall–Kier alpha value is -1.48. The first kappa shape index (κ1) is 16.4. The Morgan fingerprint density at radius 1 is 1.48 bits per heavy atom. The van der Waals surface area contributed by atoms with Gasteiger partial charge < -0.3 is 24.7 Å². The van der Waals surface area contributed by atoms with Gasteiger partial charge in [0.2, 0.25) is 0 Å². The number of aryl methyl sites for hydroxylation is 1. The summed E-state index contributed by atoms with van der Waals surface area (Å²) in [5, 5.41) is 0. The number of ether oxygens (including phenoxy) is 4. The van der Waals surface area contributed by atoms with Crippen molar-refractivity contribution in [2.75, 3.05) is 39.8 Å². The molecule has 1 aliphatic heterocycles. The second-order valence-electron chi connectivity index (χ2n) is 5.47. The van der Waals surface area contributed by atoms with Crippen molar-refractivity contribution in [3.05, 3.63) is 22.2 Å². The van der Waals surface area contributed by atoms with Crippen LogP contribution in [-0.4, -0.2) is 61.9 Å². The summed E-state index contributed by atoms with van der Waals surface area (Å²) in [4.78, 5) is 16.1. The van der Waals surface area contributed by atoms with Crippen LogP contribution in [0.5, 0.6) is 0 Å². The second kappa shape index (κ2) is 7.87. The molecule has 1 aromatic rings. The molecule has 0 aliphatic carbocycles. The minimum Gasteiger partial charge on any atom is -0.383 e. The number of nitrogens with two attached hydrogens (primary N) is 1. The van der Waals surface area contributed by atoms with E-state index < -0.39 is 30.0 Å². The van der Waals surface area contributed by atoms with Gasteiger partial charge in [0, 0.05) is 27.4 Å². The average Bonchev–Trinajstić information content (AvgIpc) is 2.58. The number of nitrogen functional groups attached to an aromatic ring is 1. The first-order valence-electron chi connectivity index (χ1n) is 8.13. The van der Waals surface area contributed by atoms with Gasteiger partial charge in [-0.05, 0) is 13.8 Å². The van der Waals surface area contributed by atoms with Gasteiger partial charge in [-0.1, -0.05) is 0 Å². The normalized spacial score (nSPS) is 28.6. The fourth-order valence-corrected chi connectivity index (χ4v) is 2.66. The largest absolute Gasteiger partial charge is 0.383 e. The Kier molecular flexibility index (Phi) is 5.60. The molecule has 23 heavy (non-hydrogen) atoms. The first-order chi connectivity index (χ1) is 11.5. The molecule has 1 saturated heterocycles. The summed E-state index contributed by atoms with van der Waals surface area (Å²) in [5.41, 5.74) is 5.93. The lowest BCUT2D eigenvalue weighted by molar-refractivity contribution is -0.186. The third-order valence-corrected chi connectivity index (χ3v) is 3.95. The topological polar surface area (TPSA) is 97.8 Å². The fourth-order valence-electron chi connectivity index (χ4n) is 2.66. The van der Waals surface area contributed by atoms with Gasteiger partial charge >= 0.3 is 5.69 Å². The molecule has 0 spiro atoms. The van der Waals surface area contributed by atoms with Gasteiger partial charge in [-0.3, -0.25) is 4.57 Å². The van der Waals surface area contributed by atoms with Crippen LogP contribution in [0.15, 0.2) is 11.0 Å². The smallest absolute Gasteiger partial charge is 0.349 e. The van der Waals surface area contributed by atoms with E-state index in [1.807, 2.05) is 0 Å². The number of aromatic nitrogens is 2. The minimum absolute atomic E-state index is 0.0449. The molecule has 2 rings (SSSR count). The zero-order valence-electron chi connectivity index (χ0n) is 14.7. The number of methoxy groups -OCH3 is 2. The standard InChI is InChI=1S/C15H25N3O5/c1-9-7-18(15(19)17-14(9)16)11-8-23-10(2)12(21-4)13(11)22-6-5-20-3/h7,10-13H,5-6,8H2,1-4H3,(H2,16,17,19)/t10-,11-,12-,13+/m1/s1/i2D. The Balaban J connectivity index is 2.34. The van der Waals surface area contributed by atoms with Crippen LogP contribution in [0, 0.1) is 6.92 Å². The number of anilines is 1. The van der Waals surface area contributed by atoms with Gasteiger partial charge in [-0.2, -0.15) is 4.98 Å². The summed E-state index contributed by atoms with van der Waals surface area (Å²) >= 11 is 0. The van der Waals surface area contributed by atoms with Crippen LogP contribution in [-0.2, 0) is 18.9 Å². The van der Waals surface area contributed by atoms with E-state index in [2.05, 4.69) is 4.98 Å². The van der Waals surface area contributed by atoms with Crippen LogP contribution in [0.25, 0.3) is 0 Å². The summed E-state index contributed by atoms with van der Waals surface area (Å²) in [6, 6.07) is -0.422. The highest BCUT2D eigenvalue weighted by atomic mass is 16.6. The predicted molar refractivity (Wildman–Crippen MR) is 84.5 cm³/mol. The van der Waals surface area contributed by atoms with E-state index in [0.29, 0.717) is 18.8 Å². The molecule has 4 atom stereocenters. The average molecular weight is 328 g/mol. The monoisotopic (exact) mass is 328 g/mol. The van der Waals surface area contributed by atoms with Crippen molar-refractivity contribution in [2.24, 2.45) is 0 Å². The van der Waals surface area contributed by atoms with Crippen molar-refractivity contribution >= 4 is 5.82 Å². The number of hydrogen-bond acceptors (Lipinski definition) is 7. The van der Waals surface area contributed by atoms with E-state index in [4.69, 9.17) is 26.1 Å². The first-order valence-corrected chi connectivity index (χ1v) is 7.42. The highest BCUT2D eigenvalue weighted by Crippen LogP contribution is 2.28. The van der Waals surface area contributed by atoms with Gasteiger partial charge in [0.05, 0.1) is 32.0 Å². The van der Waals surface area contributed by atoms with E-state index in [1.165, 1.54) is 4.57 Å². The summed E-state index contributed by atoms with van der Waals surface area (Å²) in [7, 11) is 3.13. The van der Waals surface area contributed by atoms with Crippen LogP contribution in [0.4, 0.5) is 5.82 Å². The van der Waals surface area contributed by atoms with E-state index in [0.717, 1.165) is 0 Å². The molecule has 8 heteroatoms. The molecule has 1 aromatic heterocycles. The van der Waals surface area contributed by atoms with Crippen molar-refractivity contribution in [3.8, 4) is 0 Å². The molecule has 0 bridgehead atoms. The van der Waals surface area contributed by atoms with Crippen molar-refractivity contribution < 1.29 is 20.3 Å². The third kappa shape index (κ3) is 3.89. The highest BCUT2D eigenvalue weighted by Gasteiger charge is 2.41. The Bertz CT molecular complexity index is 597. The Morgan fingerprint density at radius 3 is 2.91 bits per heavy atom. The van der Waals surface area contributed by atoms with E-state index in [9.17, 15) is 4.79 Å².